The fourth-order valence-electron chi connectivity index (χ4n) is 2.49. The second-order valence-corrected chi connectivity index (χ2v) is 5.97. The van der Waals surface area contributed by atoms with Crippen LogP contribution in [0.3, 0.4) is 0 Å². The monoisotopic (exact) mass is 320 g/mol. The van der Waals surface area contributed by atoms with Crippen LogP contribution in [0.15, 0.2) is 30.5 Å². The standard InChI is InChI=1S/C16H14Cl2N2O/c1-10-13(17)7-12(8-14(10)18)16(21)20-6-4-15-11(9-20)3-2-5-19-15/h2-3,5,7-8H,4,6,9H2,1H3. The molecular formula is C16H14Cl2N2O. The first-order chi connectivity index (χ1) is 10.1. The van der Waals surface area contributed by atoms with Gasteiger partial charge in [0.15, 0.2) is 0 Å². The summed E-state index contributed by atoms with van der Waals surface area (Å²) in [5.74, 6) is -0.0479. The normalized spacial score (nSPS) is 14.0. The Kier molecular flexibility index (Phi) is 3.87. The molecule has 5 heteroatoms. The molecule has 21 heavy (non-hydrogen) atoms. The van der Waals surface area contributed by atoms with Gasteiger partial charge in [0.25, 0.3) is 5.91 Å². The van der Waals surface area contributed by atoms with Crippen molar-refractivity contribution in [3.63, 3.8) is 0 Å². The summed E-state index contributed by atoms with van der Waals surface area (Å²) in [7, 11) is 0. The van der Waals surface area contributed by atoms with Crippen molar-refractivity contribution in [3.05, 3.63) is 62.9 Å². The van der Waals surface area contributed by atoms with E-state index in [1.165, 1.54) is 0 Å². The van der Waals surface area contributed by atoms with Crippen LogP contribution in [0.1, 0.15) is 27.2 Å². The van der Waals surface area contributed by atoms with Crippen LogP contribution in [0, 0.1) is 6.92 Å². The number of nitrogens with zero attached hydrogens (tertiary/aromatic N) is 2. The summed E-state index contributed by atoms with van der Waals surface area (Å²) in [6.45, 7) is 3.07. The Balaban J connectivity index is 1.87. The van der Waals surface area contributed by atoms with E-state index in [9.17, 15) is 4.79 Å². The summed E-state index contributed by atoms with van der Waals surface area (Å²) in [5.41, 5.74) is 3.49. The van der Waals surface area contributed by atoms with E-state index < -0.39 is 0 Å². The topological polar surface area (TPSA) is 33.2 Å². The largest absolute Gasteiger partial charge is 0.334 e. The highest BCUT2D eigenvalue weighted by atomic mass is 35.5. The number of pyridine rings is 1. The van der Waals surface area contributed by atoms with E-state index in [1.807, 2.05) is 19.1 Å². The molecule has 2 aromatic rings. The maximum Gasteiger partial charge on any atom is 0.254 e. The maximum atomic E-state index is 12.6. The summed E-state index contributed by atoms with van der Waals surface area (Å²) < 4.78 is 0. The van der Waals surface area contributed by atoms with Gasteiger partial charge in [-0.2, -0.15) is 0 Å². The third-order valence-corrected chi connectivity index (χ3v) is 4.56. The van der Waals surface area contributed by atoms with Gasteiger partial charge in [-0.1, -0.05) is 29.3 Å². The molecule has 1 aromatic heterocycles. The van der Waals surface area contributed by atoms with Crippen molar-refractivity contribution in [3.8, 4) is 0 Å². The second kappa shape index (κ2) is 5.66. The van der Waals surface area contributed by atoms with Crippen molar-refractivity contribution in [1.29, 1.82) is 0 Å². The predicted molar refractivity (Wildman–Crippen MR) is 83.9 cm³/mol. The molecule has 1 amide bonds. The van der Waals surface area contributed by atoms with Gasteiger partial charge in [-0.25, -0.2) is 0 Å². The molecular weight excluding hydrogens is 307 g/mol. The van der Waals surface area contributed by atoms with Crippen LogP contribution >= 0.6 is 23.2 Å². The number of carbonyl (C=O) groups excluding carboxylic acids is 1. The van der Waals surface area contributed by atoms with Gasteiger partial charge < -0.3 is 4.90 Å². The van der Waals surface area contributed by atoms with Crippen LogP contribution in [0.4, 0.5) is 0 Å². The Morgan fingerprint density at radius 2 is 2.00 bits per heavy atom. The molecule has 1 aliphatic heterocycles. The quantitative estimate of drug-likeness (QED) is 0.798. The van der Waals surface area contributed by atoms with E-state index in [4.69, 9.17) is 23.2 Å². The van der Waals surface area contributed by atoms with Crippen molar-refractivity contribution >= 4 is 29.1 Å². The van der Waals surface area contributed by atoms with Gasteiger partial charge in [0.2, 0.25) is 0 Å². The molecule has 3 nitrogen and oxygen atoms in total. The minimum atomic E-state index is -0.0479. The number of amides is 1. The molecule has 0 saturated heterocycles. The van der Waals surface area contributed by atoms with Crippen molar-refractivity contribution < 1.29 is 4.79 Å². The van der Waals surface area contributed by atoms with Crippen LogP contribution in [-0.2, 0) is 13.0 Å². The Labute approximate surface area is 133 Å². The highest BCUT2D eigenvalue weighted by Crippen LogP contribution is 2.27. The first-order valence-corrected chi connectivity index (χ1v) is 7.49. The highest BCUT2D eigenvalue weighted by molar-refractivity contribution is 6.36. The lowest BCUT2D eigenvalue weighted by molar-refractivity contribution is 0.0733. The van der Waals surface area contributed by atoms with Crippen molar-refractivity contribution in [2.24, 2.45) is 0 Å². The molecule has 3 rings (SSSR count). The smallest absolute Gasteiger partial charge is 0.254 e. The summed E-state index contributed by atoms with van der Waals surface area (Å²) in [4.78, 5) is 18.8. The van der Waals surface area contributed by atoms with E-state index in [0.29, 0.717) is 28.7 Å². The van der Waals surface area contributed by atoms with Crippen LogP contribution in [0.25, 0.3) is 0 Å². The number of rotatable bonds is 1. The molecule has 0 N–H and O–H groups in total. The van der Waals surface area contributed by atoms with E-state index in [-0.39, 0.29) is 5.91 Å². The van der Waals surface area contributed by atoms with Gasteiger partial charge in [-0.05, 0) is 36.2 Å². The second-order valence-electron chi connectivity index (χ2n) is 5.15. The first kappa shape index (κ1) is 14.4. The number of carbonyl (C=O) groups is 1. The maximum absolute atomic E-state index is 12.6. The molecule has 108 valence electrons. The lowest BCUT2D eigenvalue weighted by Crippen LogP contribution is -2.36. The molecule has 0 aliphatic carbocycles. The Bertz CT molecular complexity index is 692. The molecule has 1 aliphatic rings. The van der Waals surface area contributed by atoms with Gasteiger partial charge in [-0.3, -0.25) is 9.78 Å². The fraction of sp³-hybridized carbons (Fsp3) is 0.250. The molecule has 0 unspecified atom stereocenters. The fourth-order valence-corrected chi connectivity index (χ4v) is 2.98. The van der Waals surface area contributed by atoms with Crippen LogP contribution in [0.2, 0.25) is 10.0 Å². The summed E-state index contributed by atoms with van der Waals surface area (Å²) in [5, 5.41) is 1.04. The number of benzene rings is 1. The van der Waals surface area contributed by atoms with E-state index >= 15 is 0 Å². The van der Waals surface area contributed by atoms with Crippen LogP contribution in [0.5, 0.6) is 0 Å². The molecule has 0 radical (unpaired) electrons. The minimum absolute atomic E-state index is 0.0479. The van der Waals surface area contributed by atoms with Crippen LogP contribution in [-0.4, -0.2) is 22.3 Å². The third-order valence-electron chi connectivity index (χ3n) is 3.78. The number of aromatic nitrogens is 1. The Morgan fingerprint density at radius 3 is 2.71 bits per heavy atom. The average Bonchev–Trinajstić information content (AvgIpc) is 2.51. The summed E-state index contributed by atoms with van der Waals surface area (Å²) in [6.07, 6.45) is 2.56. The molecule has 0 fully saturated rings. The van der Waals surface area contributed by atoms with E-state index in [2.05, 4.69) is 4.98 Å². The average molecular weight is 321 g/mol. The Hall–Kier alpha value is -1.58. The molecule has 2 heterocycles. The molecule has 0 saturated carbocycles. The van der Waals surface area contributed by atoms with Crippen molar-refractivity contribution in [1.82, 2.24) is 9.88 Å². The minimum Gasteiger partial charge on any atom is -0.334 e. The zero-order valence-electron chi connectivity index (χ0n) is 11.6. The van der Waals surface area contributed by atoms with Gasteiger partial charge >= 0.3 is 0 Å². The zero-order chi connectivity index (χ0) is 15.0. The van der Waals surface area contributed by atoms with Crippen LogP contribution < -0.4 is 0 Å². The lowest BCUT2D eigenvalue weighted by Gasteiger charge is -2.28. The van der Waals surface area contributed by atoms with E-state index in [1.54, 1.807) is 23.2 Å². The predicted octanol–water partition coefficient (Wildman–Crippen LogP) is 3.90. The van der Waals surface area contributed by atoms with Crippen molar-refractivity contribution in [2.45, 2.75) is 19.9 Å². The highest BCUT2D eigenvalue weighted by Gasteiger charge is 2.23. The van der Waals surface area contributed by atoms with Gasteiger partial charge in [0, 0.05) is 47.0 Å². The summed E-state index contributed by atoms with van der Waals surface area (Å²) >= 11 is 12.2. The van der Waals surface area contributed by atoms with Gasteiger partial charge in [-0.15, -0.1) is 0 Å². The van der Waals surface area contributed by atoms with Gasteiger partial charge in [0.05, 0.1) is 0 Å². The zero-order valence-corrected chi connectivity index (χ0v) is 13.1. The molecule has 1 aromatic carbocycles. The van der Waals surface area contributed by atoms with E-state index in [0.717, 1.165) is 23.2 Å². The SMILES string of the molecule is Cc1c(Cl)cc(C(=O)N2CCc3ncccc3C2)cc1Cl. The number of hydrogen-bond acceptors (Lipinski definition) is 2. The molecule has 0 spiro atoms. The lowest BCUT2D eigenvalue weighted by atomic mass is 10.0. The third kappa shape index (κ3) is 2.76. The molecule has 0 bridgehead atoms. The number of halogens is 2. The Morgan fingerprint density at radius 1 is 1.29 bits per heavy atom. The molecule has 0 atom stereocenters. The number of hydrogen-bond donors (Lipinski definition) is 0. The van der Waals surface area contributed by atoms with Crippen molar-refractivity contribution in [2.75, 3.05) is 6.54 Å². The van der Waals surface area contributed by atoms with Gasteiger partial charge in [0.1, 0.15) is 0 Å². The number of fused-ring (bicyclic) bond motifs is 1. The first-order valence-electron chi connectivity index (χ1n) is 6.74. The summed E-state index contributed by atoms with van der Waals surface area (Å²) in [6, 6.07) is 7.27.